The predicted molar refractivity (Wildman–Crippen MR) is 84.6 cm³/mol. The van der Waals surface area contributed by atoms with Gasteiger partial charge in [0, 0.05) is 24.6 Å². The first-order valence-electron chi connectivity index (χ1n) is 8.07. The van der Waals surface area contributed by atoms with Gasteiger partial charge in [-0.25, -0.2) is 0 Å². The monoisotopic (exact) mass is 262 g/mol. The van der Waals surface area contributed by atoms with E-state index in [9.17, 15) is 0 Å². The van der Waals surface area contributed by atoms with Gasteiger partial charge in [-0.1, -0.05) is 64.7 Å². The molecule has 108 valence electrons. The number of nitrogens with one attached hydrogen (secondary N) is 1. The minimum atomic E-state index is 1.08. The summed E-state index contributed by atoms with van der Waals surface area (Å²) in [6, 6.07) is 4.05. The molecule has 19 heavy (non-hydrogen) atoms. The summed E-state index contributed by atoms with van der Waals surface area (Å²) in [4.78, 5) is 4.01. The molecule has 0 aliphatic carbocycles. The molecule has 0 unspecified atom stereocenters. The third-order valence-corrected chi connectivity index (χ3v) is 3.54. The van der Waals surface area contributed by atoms with Gasteiger partial charge < -0.3 is 5.32 Å². The van der Waals surface area contributed by atoms with E-state index in [-0.39, 0.29) is 0 Å². The molecule has 0 bridgehead atoms. The maximum Gasteiger partial charge on any atom is 0.0371 e. The summed E-state index contributed by atoms with van der Waals surface area (Å²) in [6.07, 6.45) is 17.6. The maximum atomic E-state index is 4.01. The van der Waals surface area contributed by atoms with Gasteiger partial charge >= 0.3 is 0 Å². The van der Waals surface area contributed by atoms with Crippen molar-refractivity contribution in [1.29, 1.82) is 0 Å². The van der Waals surface area contributed by atoms with Crippen LogP contribution in [0.2, 0.25) is 0 Å². The van der Waals surface area contributed by atoms with Crippen molar-refractivity contribution in [2.45, 2.75) is 71.1 Å². The predicted octanol–water partition coefficient (Wildman–Crippen LogP) is 5.41. The molecule has 0 radical (unpaired) electrons. The van der Waals surface area contributed by atoms with E-state index in [1.165, 1.54) is 69.9 Å². The van der Waals surface area contributed by atoms with Crippen LogP contribution in [0.3, 0.4) is 0 Å². The minimum absolute atomic E-state index is 1.08. The fourth-order valence-corrected chi connectivity index (χ4v) is 2.31. The topological polar surface area (TPSA) is 24.9 Å². The number of hydrogen-bond acceptors (Lipinski definition) is 2. The van der Waals surface area contributed by atoms with Crippen LogP contribution in [0.4, 0.5) is 5.69 Å². The van der Waals surface area contributed by atoms with Crippen LogP contribution in [-0.2, 0) is 0 Å². The number of rotatable bonds is 12. The summed E-state index contributed by atoms with van der Waals surface area (Å²) >= 11 is 0. The Morgan fingerprint density at radius 2 is 1.32 bits per heavy atom. The van der Waals surface area contributed by atoms with Crippen LogP contribution >= 0.6 is 0 Å². The fraction of sp³-hybridized carbons (Fsp3) is 0.706. The minimum Gasteiger partial charge on any atom is -0.385 e. The molecule has 0 atom stereocenters. The molecule has 1 aromatic rings. The van der Waals surface area contributed by atoms with Gasteiger partial charge in [-0.2, -0.15) is 0 Å². The quantitative estimate of drug-likeness (QED) is 0.509. The zero-order valence-electron chi connectivity index (χ0n) is 12.5. The lowest BCUT2D eigenvalue weighted by molar-refractivity contribution is 0.560. The summed E-state index contributed by atoms with van der Waals surface area (Å²) < 4.78 is 0. The highest BCUT2D eigenvalue weighted by molar-refractivity contribution is 5.40. The first-order chi connectivity index (χ1) is 9.43. The second-order valence-electron chi connectivity index (χ2n) is 5.34. The molecule has 1 aromatic heterocycles. The Morgan fingerprint density at radius 3 is 1.89 bits per heavy atom. The smallest absolute Gasteiger partial charge is 0.0371 e. The van der Waals surface area contributed by atoms with E-state index in [2.05, 4.69) is 17.2 Å². The lowest BCUT2D eigenvalue weighted by Crippen LogP contribution is -2.01. The first-order valence-corrected chi connectivity index (χ1v) is 8.07. The van der Waals surface area contributed by atoms with Gasteiger partial charge in [-0.3, -0.25) is 4.98 Å². The van der Waals surface area contributed by atoms with Gasteiger partial charge in [0.15, 0.2) is 0 Å². The molecule has 2 nitrogen and oxygen atoms in total. The zero-order chi connectivity index (χ0) is 13.6. The second kappa shape index (κ2) is 12.0. The number of pyridine rings is 1. The highest BCUT2D eigenvalue weighted by Crippen LogP contribution is 2.10. The summed E-state index contributed by atoms with van der Waals surface area (Å²) in [7, 11) is 0. The molecule has 1 heterocycles. The molecular formula is C17H30N2. The summed E-state index contributed by atoms with van der Waals surface area (Å²) in [5.74, 6) is 0. The third-order valence-electron chi connectivity index (χ3n) is 3.54. The molecule has 1 N–H and O–H groups in total. The Balaban J connectivity index is 1.79. The third kappa shape index (κ3) is 9.52. The van der Waals surface area contributed by atoms with Gasteiger partial charge in [0.2, 0.25) is 0 Å². The molecule has 0 fully saturated rings. The number of aromatic nitrogens is 1. The SMILES string of the molecule is CCCCCCCCCCCCNc1ccncc1. The van der Waals surface area contributed by atoms with E-state index in [1.54, 1.807) is 0 Å². The highest BCUT2D eigenvalue weighted by Gasteiger charge is 1.93. The van der Waals surface area contributed by atoms with Crippen molar-refractivity contribution >= 4 is 5.69 Å². The van der Waals surface area contributed by atoms with Gasteiger partial charge in [0.1, 0.15) is 0 Å². The van der Waals surface area contributed by atoms with Gasteiger partial charge in [0.25, 0.3) is 0 Å². The van der Waals surface area contributed by atoms with Crippen LogP contribution in [-0.4, -0.2) is 11.5 Å². The van der Waals surface area contributed by atoms with Crippen LogP contribution < -0.4 is 5.32 Å². The van der Waals surface area contributed by atoms with E-state index in [0.29, 0.717) is 0 Å². The molecule has 0 aromatic carbocycles. The van der Waals surface area contributed by atoms with Crippen LogP contribution in [0.15, 0.2) is 24.5 Å². The van der Waals surface area contributed by atoms with Crippen LogP contribution in [0, 0.1) is 0 Å². The van der Waals surface area contributed by atoms with E-state index < -0.39 is 0 Å². The fourth-order valence-electron chi connectivity index (χ4n) is 2.31. The van der Waals surface area contributed by atoms with Crippen molar-refractivity contribution in [3.05, 3.63) is 24.5 Å². The molecule has 0 spiro atoms. The van der Waals surface area contributed by atoms with E-state index in [1.807, 2.05) is 24.5 Å². The van der Waals surface area contributed by atoms with Gasteiger partial charge in [-0.15, -0.1) is 0 Å². The highest BCUT2D eigenvalue weighted by atomic mass is 14.9. The van der Waals surface area contributed by atoms with E-state index >= 15 is 0 Å². The second-order valence-corrected chi connectivity index (χ2v) is 5.34. The Bertz CT molecular complexity index is 285. The normalized spacial score (nSPS) is 10.6. The molecular weight excluding hydrogens is 232 g/mol. The number of unbranched alkanes of at least 4 members (excludes halogenated alkanes) is 9. The zero-order valence-corrected chi connectivity index (χ0v) is 12.5. The Morgan fingerprint density at radius 1 is 0.789 bits per heavy atom. The average Bonchev–Trinajstić information content (AvgIpc) is 2.46. The van der Waals surface area contributed by atoms with Gasteiger partial charge in [0.05, 0.1) is 0 Å². The van der Waals surface area contributed by atoms with E-state index in [4.69, 9.17) is 0 Å². The Labute approximate surface area is 119 Å². The summed E-state index contributed by atoms with van der Waals surface area (Å²) in [5.41, 5.74) is 1.19. The molecule has 1 rings (SSSR count). The standard InChI is InChI=1S/C17H30N2/c1-2-3-4-5-6-7-8-9-10-11-14-19-17-12-15-18-16-13-17/h12-13,15-16H,2-11,14H2,1H3,(H,18,19). The van der Waals surface area contributed by atoms with Crippen molar-refractivity contribution in [3.63, 3.8) is 0 Å². The van der Waals surface area contributed by atoms with Crippen molar-refractivity contribution in [1.82, 2.24) is 4.98 Å². The number of hydrogen-bond donors (Lipinski definition) is 1. The van der Waals surface area contributed by atoms with Crippen LogP contribution in [0.1, 0.15) is 71.1 Å². The Hall–Kier alpha value is -1.05. The van der Waals surface area contributed by atoms with Crippen molar-refractivity contribution < 1.29 is 0 Å². The molecule has 0 amide bonds. The van der Waals surface area contributed by atoms with E-state index in [0.717, 1.165) is 6.54 Å². The molecule has 0 saturated carbocycles. The molecule has 0 aliphatic heterocycles. The van der Waals surface area contributed by atoms with Crippen LogP contribution in [0.25, 0.3) is 0 Å². The Kier molecular flexibility index (Phi) is 10.1. The summed E-state index contributed by atoms with van der Waals surface area (Å²) in [6.45, 7) is 3.36. The van der Waals surface area contributed by atoms with Crippen molar-refractivity contribution in [2.24, 2.45) is 0 Å². The largest absolute Gasteiger partial charge is 0.385 e. The molecule has 0 saturated heterocycles. The lowest BCUT2D eigenvalue weighted by atomic mass is 10.1. The van der Waals surface area contributed by atoms with Crippen molar-refractivity contribution in [3.8, 4) is 0 Å². The number of anilines is 1. The first kappa shape index (κ1) is 16.0. The lowest BCUT2D eigenvalue weighted by Gasteiger charge is -2.05. The van der Waals surface area contributed by atoms with Crippen molar-refractivity contribution in [2.75, 3.05) is 11.9 Å². The average molecular weight is 262 g/mol. The molecule has 0 aliphatic rings. The molecule has 2 heteroatoms. The maximum absolute atomic E-state index is 4.01. The summed E-state index contributed by atoms with van der Waals surface area (Å²) in [5, 5.41) is 3.43. The van der Waals surface area contributed by atoms with Gasteiger partial charge in [-0.05, 0) is 18.6 Å². The number of nitrogens with zero attached hydrogens (tertiary/aromatic N) is 1. The van der Waals surface area contributed by atoms with Crippen LogP contribution in [0.5, 0.6) is 0 Å².